The molecule has 3 aliphatic heterocycles. The van der Waals surface area contributed by atoms with E-state index in [1.807, 2.05) is 0 Å². The van der Waals surface area contributed by atoms with Crippen molar-refractivity contribution in [2.75, 3.05) is 19.7 Å². The molecule has 0 amide bonds. The van der Waals surface area contributed by atoms with Crippen molar-refractivity contribution < 1.29 is 4.74 Å². The van der Waals surface area contributed by atoms with E-state index >= 15 is 0 Å². The van der Waals surface area contributed by atoms with E-state index in [9.17, 15) is 4.79 Å². The summed E-state index contributed by atoms with van der Waals surface area (Å²) in [5.41, 5.74) is 1.64. The summed E-state index contributed by atoms with van der Waals surface area (Å²) in [7, 11) is 0. The number of aromatic nitrogens is 2. The van der Waals surface area contributed by atoms with E-state index in [0.29, 0.717) is 25.0 Å². The maximum atomic E-state index is 12.0. The van der Waals surface area contributed by atoms with Gasteiger partial charge in [0.15, 0.2) is 0 Å². The molecular weight excluding hydrogens is 244 g/mol. The van der Waals surface area contributed by atoms with Gasteiger partial charge in [0.1, 0.15) is 11.9 Å². The van der Waals surface area contributed by atoms with Crippen LogP contribution in [0, 0.1) is 0 Å². The highest BCUT2D eigenvalue weighted by atomic mass is 16.5. The Labute approximate surface area is 111 Å². The summed E-state index contributed by atoms with van der Waals surface area (Å²) >= 11 is 0. The minimum absolute atomic E-state index is 0.0165. The van der Waals surface area contributed by atoms with E-state index in [1.165, 1.54) is 12.8 Å². The predicted octanol–water partition coefficient (Wildman–Crippen LogP) is -0.0912. The fourth-order valence-corrected chi connectivity index (χ4v) is 3.33. The maximum Gasteiger partial charge on any atom is 0.255 e. The maximum absolute atomic E-state index is 12.0. The first-order chi connectivity index (χ1) is 9.31. The van der Waals surface area contributed by atoms with Gasteiger partial charge in [0.25, 0.3) is 5.56 Å². The molecule has 6 heteroatoms. The van der Waals surface area contributed by atoms with Crippen molar-refractivity contribution in [1.29, 1.82) is 0 Å². The minimum atomic E-state index is -0.0899. The quantitative estimate of drug-likeness (QED) is 0.740. The molecule has 0 radical (unpaired) electrons. The zero-order chi connectivity index (χ0) is 12.8. The number of H-pyrrole nitrogens is 1. The lowest BCUT2D eigenvalue weighted by atomic mass is 10.1. The Balaban J connectivity index is 1.62. The van der Waals surface area contributed by atoms with Crippen LogP contribution >= 0.6 is 0 Å². The predicted molar refractivity (Wildman–Crippen MR) is 68.7 cm³/mol. The zero-order valence-corrected chi connectivity index (χ0v) is 10.8. The molecule has 2 N–H and O–H groups in total. The van der Waals surface area contributed by atoms with Gasteiger partial charge in [-0.25, -0.2) is 4.98 Å². The third-order valence-corrected chi connectivity index (χ3v) is 4.41. The van der Waals surface area contributed by atoms with E-state index in [-0.39, 0.29) is 11.7 Å². The van der Waals surface area contributed by atoms with Gasteiger partial charge < -0.3 is 15.0 Å². The van der Waals surface area contributed by atoms with E-state index < -0.39 is 0 Å². The Hall–Kier alpha value is -1.24. The highest BCUT2D eigenvalue weighted by molar-refractivity contribution is 5.22. The van der Waals surface area contributed by atoms with E-state index in [1.54, 1.807) is 0 Å². The van der Waals surface area contributed by atoms with Gasteiger partial charge in [-0.2, -0.15) is 0 Å². The second-order valence-corrected chi connectivity index (χ2v) is 5.59. The summed E-state index contributed by atoms with van der Waals surface area (Å²) in [4.78, 5) is 21.9. The van der Waals surface area contributed by atoms with Crippen molar-refractivity contribution in [1.82, 2.24) is 20.2 Å². The van der Waals surface area contributed by atoms with Gasteiger partial charge in [-0.05, 0) is 19.4 Å². The number of nitrogens with one attached hydrogen (secondary N) is 2. The van der Waals surface area contributed by atoms with Crippen LogP contribution in [-0.4, -0.2) is 40.6 Å². The molecule has 2 saturated heterocycles. The summed E-state index contributed by atoms with van der Waals surface area (Å²) in [5.74, 6) is 0.692. The van der Waals surface area contributed by atoms with Crippen molar-refractivity contribution in [3.8, 4) is 0 Å². The van der Waals surface area contributed by atoms with Gasteiger partial charge in [0.2, 0.25) is 0 Å². The van der Waals surface area contributed by atoms with E-state index in [2.05, 4.69) is 20.2 Å². The van der Waals surface area contributed by atoms with E-state index in [0.717, 1.165) is 31.0 Å². The topological polar surface area (TPSA) is 70.2 Å². The first-order valence-corrected chi connectivity index (χ1v) is 6.99. The molecule has 3 aliphatic rings. The van der Waals surface area contributed by atoms with Crippen LogP contribution in [0.4, 0.5) is 0 Å². The van der Waals surface area contributed by atoms with Crippen LogP contribution in [0.25, 0.3) is 0 Å². The van der Waals surface area contributed by atoms with Crippen LogP contribution < -0.4 is 10.9 Å². The molecule has 6 nitrogen and oxygen atoms in total. The Kier molecular flexibility index (Phi) is 2.68. The Bertz CT molecular complexity index is 556. The first kappa shape index (κ1) is 11.6. The molecule has 2 fully saturated rings. The number of aromatic amines is 1. The van der Waals surface area contributed by atoms with Crippen LogP contribution in [-0.2, 0) is 17.8 Å². The van der Waals surface area contributed by atoms with Crippen molar-refractivity contribution >= 4 is 0 Å². The molecule has 2 atom stereocenters. The summed E-state index contributed by atoms with van der Waals surface area (Å²) in [5, 5.41) is 3.16. The molecule has 1 aromatic heterocycles. The molecular formula is C13H18N4O2. The highest BCUT2D eigenvalue weighted by Crippen LogP contribution is 2.28. The minimum Gasteiger partial charge on any atom is -0.367 e. The number of morpholine rings is 1. The number of ether oxygens (including phenoxy) is 1. The molecule has 2 unspecified atom stereocenters. The number of nitrogens with zero attached hydrogens (tertiary/aromatic N) is 2. The van der Waals surface area contributed by atoms with E-state index in [4.69, 9.17) is 4.74 Å². The van der Waals surface area contributed by atoms with Gasteiger partial charge in [0, 0.05) is 25.7 Å². The smallest absolute Gasteiger partial charge is 0.255 e. The van der Waals surface area contributed by atoms with Gasteiger partial charge in [-0.3, -0.25) is 9.69 Å². The molecule has 4 heterocycles. The monoisotopic (exact) mass is 262 g/mol. The molecule has 19 heavy (non-hydrogen) atoms. The van der Waals surface area contributed by atoms with Crippen molar-refractivity contribution in [3.05, 3.63) is 27.4 Å². The zero-order valence-electron chi connectivity index (χ0n) is 10.8. The molecule has 1 aromatic rings. The van der Waals surface area contributed by atoms with Gasteiger partial charge >= 0.3 is 0 Å². The second kappa shape index (κ2) is 4.40. The van der Waals surface area contributed by atoms with Gasteiger partial charge in [-0.15, -0.1) is 0 Å². The van der Waals surface area contributed by atoms with Crippen LogP contribution in [0.15, 0.2) is 4.79 Å². The van der Waals surface area contributed by atoms with Gasteiger partial charge in [-0.1, -0.05) is 0 Å². The van der Waals surface area contributed by atoms with Crippen LogP contribution in [0.2, 0.25) is 0 Å². The standard InChI is InChI=1S/C13H18N4O2/c18-13-9-4-14-5-10(9)15-12(16-13)11-6-17-3-1-2-8(17)7-19-11/h8,11,14H,1-7H2,(H,15,16,18). The number of fused-ring (bicyclic) bond motifs is 2. The number of hydrogen-bond donors (Lipinski definition) is 2. The average molecular weight is 262 g/mol. The summed E-state index contributed by atoms with van der Waals surface area (Å²) in [6.45, 7) is 4.05. The molecule has 0 aliphatic carbocycles. The molecule has 102 valence electrons. The Morgan fingerprint density at radius 3 is 3.26 bits per heavy atom. The average Bonchev–Trinajstić information content (AvgIpc) is 3.06. The third-order valence-electron chi connectivity index (χ3n) is 4.41. The summed E-state index contributed by atoms with van der Waals surface area (Å²) in [6.07, 6.45) is 2.39. The lowest BCUT2D eigenvalue weighted by Crippen LogP contribution is -2.43. The van der Waals surface area contributed by atoms with Crippen LogP contribution in [0.3, 0.4) is 0 Å². The SMILES string of the molecule is O=c1[nH]c(C2CN3CCCC3CO2)nc2c1CNC2. The number of hydrogen-bond acceptors (Lipinski definition) is 5. The fraction of sp³-hybridized carbons (Fsp3) is 0.692. The first-order valence-electron chi connectivity index (χ1n) is 6.99. The summed E-state index contributed by atoms with van der Waals surface area (Å²) < 4.78 is 5.90. The second-order valence-electron chi connectivity index (χ2n) is 5.59. The Morgan fingerprint density at radius 2 is 2.32 bits per heavy atom. The normalized spacial score (nSPS) is 30.3. The van der Waals surface area contributed by atoms with Crippen LogP contribution in [0.5, 0.6) is 0 Å². The molecule has 0 saturated carbocycles. The lowest BCUT2D eigenvalue weighted by molar-refractivity contribution is -0.0543. The van der Waals surface area contributed by atoms with Crippen molar-refractivity contribution in [2.24, 2.45) is 0 Å². The molecule has 0 bridgehead atoms. The molecule has 4 rings (SSSR count). The largest absolute Gasteiger partial charge is 0.367 e. The molecule has 0 spiro atoms. The van der Waals surface area contributed by atoms with Gasteiger partial charge in [0.05, 0.1) is 17.9 Å². The summed E-state index contributed by atoms with van der Waals surface area (Å²) in [6, 6.07) is 0.569. The van der Waals surface area contributed by atoms with Crippen molar-refractivity contribution in [2.45, 2.75) is 38.1 Å². The number of rotatable bonds is 1. The van der Waals surface area contributed by atoms with Crippen LogP contribution in [0.1, 0.15) is 36.0 Å². The lowest BCUT2D eigenvalue weighted by Gasteiger charge is -2.34. The molecule has 0 aromatic carbocycles. The van der Waals surface area contributed by atoms with Crippen molar-refractivity contribution in [3.63, 3.8) is 0 Å². The fourth-order valence-electron chi connectivity index (χ4n) is 3.33. The Morgan fingerprint density at radius 1 is 1.37 bits per heavy atom. The third kappa shape index (κ3) is 1.91. The highest BCUT2D eigenvalue weighted by Gasteiger charge is 2.34.